The average Bonchev–Trinajstić information content (AvgIpc) is 2.99. The standard InChI is InChI=1S/C36H35BN2O2/c1-35(2,40)36(3,4)41-37-31-19-17-26(18-20-31)32-23-33(29-15-13-24-9-5-7-11-27(24)21-29)39-34(38-32)30-16-14-25-10-6-8-12-28(25)22-30/h5-23,33,37,40H,1-4H3,(H,38,39). The van der Waals surface area contributed by atoms with E-state index in [1.165, 1.54) is 27.1 Å². The Morgan fingerprint density at radius 2 is 1.29 bits per heavy atom. The summed E-state index contributed by atoms with van der Waals surface area (Å²) >= 11 is 0. The van der Waals surface area contributed by atoms with Crippen LogP contribution in [-0.2, 0) is 4.65 Å². The highest BCUT2D eigenvalue weighted by Gasteiger charge is 2.35. The van der Waals surface area contributed by atoms with Gasteiger partial charge in [0, 0.05) is 5.56 Å². The van der Waals surface area contributed by atoms with Crippen molar-refractivity contribution < 1.29 is 9.76 Å². The van der Waals surface area contributed by atoms with Gasteiger partial charge in [-0.3, -0.25) is 0 Å². The quantitative estimate of drug-likeness (QED) is 0.228. The lowest BCUT2D eigenvalue weighted by molar-refractivity contribution is -0.0893. The van der Waals surface area contributed by atoms with Crippen LogP contribution in [0, 0.1) is 0 Å². The molecule has 1 atom stereocenters. The lowest BCUT2D eigenvalue weighted by Gasteiger charge is -2.37. The molecule has 4 nitrogen and oxygen atoms in total. The first-order valence-electron chi connectivity index (χ1n) is 14.2. The van der Waals surface area contributed by atoms with E-state index in [0.717, 1.165) is 28.1 Å². The molecular weight excluding hydrogens is 503 g/mol. The van der Waals surface area contributed by atoms with E-state index in [4.69, 9.17) is 9.65 Å². The van der Waals surface area contributed by atoms with Crippen molar-refractivity contribution >= 4 is 46.0 Å². The first kappa shape index (κ1) is 27.0. The minimum atomic E-state index is -0.946. The van der Waals surface area contributed by atoms with Gasteiger partial charge in [-0.15, -0.1) is 0 Å². The van der Waals surface area contributed by atoms with Gasteiger partial charge >= 0.3 is 7.48 Å². The predicted octanol–water partition coefficient (Wildman–Crippen LogP) is 6.67. The number of nitrogens with zero attached hydrogens (tertiary/aromatic N) is 1. The highest BCUT2D eigenvalue weighted by Crippen LogP contribution is 2.30. The number of benzene rings is 5. The number of aliphatic hydroxyl groups is 1. The second kappa shape index (κ2) is 10.7. The fourth-order valence-electron chi connectivity index (χ4n) is 4.98. The molecule has 0 saturated carbocycles. The van der Waals surface area contributed by atoms with Crippen molar-refractivity contribution in [3.8, 4) is 0 Å². The molecule has 1 heterocycles. The Morgan fingerprint density at radius 1 is 0.707 bits per heavy atom. The molecule has 0 saturated heterocycles. The Hall–Kier alpha value is -4.19. The zero-order valence-corrected chi connectivity index (χ0v) is 24.1. The highest BCUT2D eigenvalue weighted by molar-refractivity contribution is 6.47. The largest absolute Gasteiger partial charge is 0.427 e. The molecule has 0 fully saturated rings. The van der Waals surface area contributed by atoms with Gasteiger partial charge in [0.25, 0.3) is 0 Å². The van der Waals surface area contributed by atoms with E-state index in [1.54, 1.807) is 13.8 Å². The maximum Gasteiger partial charge on any atom is 0.309 e. The van der Waals surface area contributed by atoms with Crippen LogP contribution in [0.2, 0.25) is 0 Å². The topological polar surface area (TPSA) is 53.9 Å². The van der Waals surface area contributed by atoms with Crippen LogP contribution in [0.4, 0.5) is 0 Å². The zero-order chi connectivity index (χ0) is 28.6. The van der Waals surface area contributed by atoms with Crippen LogP contribution in [0.25, 0.3) is 27.2 Å². The molecule has 1 aliphatic rings. The average molecular weight is 539 g/mol. The smallest absolute Gasteiger partial charge is 0.309 e. The normalized spacial score (nSPS) is 15.8. The van der Waals surface area contributed by atoms with Gasteiger partial charge in [0.15, 0.2) is 0 Å². The number of rotatable bonds is 7. The maximum atomic E-state index is 10.4. The van der Waals surface area contributed by atoms with Crippen LogP contribution in [-0.4, -0.2) is 29.6 Å². The van der Waals surface area contributed by atoms with E-state index in [1.807, 2.05) is 13.8 Å². The van der Waals surface area contributed by atoms with Crippen molar-refractivity contribution in [2.75, 3.05) is 0 Å². The molecule has 204 valence electrons. The van der Waals surface area contributed by atoms with Crippen molar-refractivity contribution in [1.82, 2.24) is 5.32 Å². The van der Waals surface area contributed by atoms with E-state index < -0.39 is 11.2 Å². The van der Waals surface area contributed by atoms with Gasteiger partial charge < -0.3 is 15.1 Å². The minimum Gasteiger partial charge on any atom is -0.427 e. The lowest BCUT2D eigenvalue weighted by Crippen LogP contribution is -2.49. The second-order valence-electron chi connectivity index (χ2n) is 11.9. The molecule has 41 heavy (non-hydrogen) atoms. The summed E-state index contributed by atoms with van der Waals surface area (Å²) in [6.07, 6.45) is 2.21. The number of fused-ring (bicyclic) bond motifs is 2. The van der Waals surface area contributed by atoms with Gasteiger partial charge in [0.05, 0.1) is 22.9 Å². The van der Waals surface area contributed by atoms with Crippen LogP contribution < -0.4 is 10.8 Å². The van der Waals surface area contributed by atoms with Gasteiger partial charge in [-0.25, -0.2) is 4.99 Å². The molecule has 0 aromatic heterocycles. The molecule has 5 heteroatoms. The second-order valence-corrected chi connectivity index (χ2v) is 11.9. The first-order valence-corrected chi connectivity index (χ1v) is 14.2. The fourth-order valence-corrected chi connectivity index (χ4v) is 4.98. The number of hydrogen-bond acceptors (Lipinski definition) is 4. The van der Waals surface area contributed by atoms with Crippen LogP contribution in [0.5, 0.6) is 0 Å². The Kier molecular flexibility index (Phi) is 7.02. The van der Waals surface area contributed by atoms with Crippen molar-refractivity contribution in [2.24, 2.45) is 4.99 Å². The number of aliphatic imine (C=N–C) groups is 1. The fraction of sp³-hybridized carbons (Fsp3) is 0.194. The molecule has 2 N–H and O–H groups in total. The monoisotopic (exact) mass is 538 g/mol. The van der Waals surface area contributed by atoms with Gasteiger partial charge in [-0.2, -0.15) is 0 Å². The van der Waals surface area contributed by atoms with E-state index in [0.29, 0.717) is 7.48 Å². The van der Waals surface area contributed by atoms with Crippen LogP contribution in [0.15, 0.2) is 120 Å². The van der Waals surface area contributed by atoms with Gasteiger partial charge in [0.2, 0.25) is 0 Å². The molecule has 0 spiro atoms. The van der Waals surface area contributed by atoms with Crippen LogP contribution >= 0.6 is 0 Å². The van der Waals surface area contributed by atoms with E-state index in [9.17, 15) is 5.11 Å². The third-order valence-electron chi connectivity index (χ3n) is 8.33. The van der Waals surface area contributed by atoms with Crippen molar-refractivity contribution in [1.29, 1.82) is 0 Å². The number of amidine groups is 1. The van der Waals surface area contributed by atoms with Crippen molar-refractivity contribution in [2.45, 2.75) is 44.9 Å². The summed E-state index contributed by atoms with van der Waals surface area (Å²) in [6, 6.07) is 38.3. The summed E-state index contributed by atoms with van der Waals surface area (Å²) in [6.45, 7) is 7.38. The summed E-state index contributed by atoms with van der Waals surface area (Å²) in [7, 11) is 0.420. The van der Waals surface area contributed by atoms with Crippen molar-refractivity contribution in [3.63, 3.8) is 0 Å². The SMILES string of the molecule is CC(C)(O)C(C)(C)OBc1ccc(C2=CC(c3ccc4ccccc4c3)NC(c3ccc4ccccc4c3)=N2)cc1. The molecule has 0 bridgehead atoms. The van der Waals surface area contributed by atoms with Crippen LogP contribution in [0.1, 0.15) is 50.4 Å². The highest BCUT2D eigenvalue weighted by atomic mass is 16.5. The Labute approximate surface area is 242 Å². The van der Waals surface area contributed by atoms with Gasteiger partial charge in [0.1, 0.15) is 5.84 Å². The number of nitrogens with one attached hydrogen (secondary N) is 1. The summed E-state index contributed by atoms with van der Waals surface area (Å²) < 4.78 is 6.08. The third kappa shape index (κ3) is 5.69. The van der Waals surface area contributed by atoms with Crippen LogP contribution in [0.3, 0.4) is 0 Å². The molecule has 5 aromatic carbocycles. The first-order chi connectivity index (χ1) is 19.7. The Bertz CT molecular complexity index is 1780. The Balaban J connectivity index is 1.35. The van der Waals surface area contributed by atoms with Gasteiger partial charge in [-0.1, -0.05) is 103 Å². The molecule has 0 amide bonds. The number of hydrogen-bond donors (Lipinski definition) is 2. The van der Waals surface area contributed by atoms with Crippen molar-refractivity contribution in [3.05, 3.63) is 132 Å². The maximum absolute atomic E-state index is 10.4. The summed E-state index contributed by atoms with van der Waals surface area (Å²) in [5.74, 6) is 0.853. The molecule has 0 aliphatic carbocycles. The summed E-state index contributed by atoms with van der Waals surface area (Å²) in [5, 5.41) is 19.0. The molecule has 1 unspecified atom stereocenters. The minimum absolute atomic E-state index is 0.0378. The summed E-state index contributed by atoms with van der Waals surface area (Å²) in [5.41, 5.74) is 3.64. The lowest BCUT2D eigenvalue weighted by atomic mass is 9.82. The zero-order valence-electron chi connectivity index (χ0n) is 24.1. The van der Waals surface area contributed by atoms with E-state index in [2.05, 4.69) is 121 Å². The predicted molar refractivity (Wildman–Crippen MR) is 173 cm³/mol. The molecule has 6 rings (SSSR count). The Morgan fingerprint density at radius 3 is 1.95 bits per heavy atom. The molecule has 0 radical (unpaired) electrons. The molecule has 1 aliphatic heterocycles. The van der Waals surface area contributed by atoms with E-state index in [-0.39, 0.29) is 6.04 Å². The molecule has 5 aromatic rings. The summed E-state index contributed by atoms with van der Waals surface area (Å²) in [4.78, 5) is 5.12. The van der Waals surface area contributed by atoms with Gasteiger partial charge in [-0.05, 0) is 78.6 Å². The third-order valence-corrected chi connectivity index (χ3v) is 8.33. The van der Waals surface area contributed by atoms with E-state index >= 15 is 0 Å². The molecular formula is C36H35BN2O2.